The SMILES string of the molecule is CN(C)c1ccc(/C=N/NC(=O)CNc2cccc3ccccc23)cc1. The topological polar surface area (TPSA) is 56.7 Å². The number of nitrogens with zero attached hydrogens (tertiary/aromatic N) is 2. The Morgan fingerprint density at radius 1 is 1.00 bits per heavy atom. The van der Waals surface area contributed by atoms with Gasteiger partial charge in [0.2, 0.25) is 0 Å². The molecule has 2 N–H and O–H groups in total. The molecule has 0 spiro atoms. The minimum absolute atomic E-state index is 0.158. The number of anilines is 2. The summed E-state index contributed by atoms with van der Waals surface area (Å²) in [6.07, 6.45) is 1.63. The zero-order valence-corrected chi connectivity index (χ0v) is 14.9. The van der Waals surface area contributed by atoms with E-state index in [-0.39, 0.29) is 12.5 Å². The Balaban J connectivity index is 1.54. The van der Waals surface area contributed by atoms with E-state index in [0.717, 1.165) is 27.7 Å². The van der Waals surface area contributed by atoms with Crippen molar-refractivity contribution in [2.24, 2.45) is 5.10 Å². The van der Waals surface area contributed by atoms with Crippen molar-refractivity contribution in [3.8, 4) is 0 Å². The van der Waals surface area contributed by atoms with Gasteiger partial charge in [-0.2, -0.15) is 5.10 Å². The Labute approximate surface area is 153 Å². The van der Waals surface area contributed by atoms with E-state index in [4.69, 9.17) is 0 Å². The molecule has 0 aliphatic heterocycles. The second kappa shape index (κ2) is 8.16. The van der Waals surface area contributed by atoms with Crippen molar-refractivity contribution < 1.29 is 4.79 Å². The lowest BCUT2D eigenvalue weighted by atomic mass is 10.1. The average molecular weight is 346 g/mol. The lowest BCUT2D eigenvalue weighted by molar-refractivity contribution is -0.119. The molecular weight excluding hydrogens is 324 g/mol. The van der Waals surface area contributed by atoms with E-state index >= 15 is 0 Å². The minimum atomic E-state index is -0.195. The first-order chi connectivity index (χ1) is 12.6. The molecule has 0 aliphatic rings. The molecular formula is C21H22N4O. The zero-order chi connectivity index (χ0) is 18.4. The summed E-state index contributed by atoms with van der Waals surface area (Å²) < 4.78 is 0. The molecule has 5 nitrogen and oxygen atoms in total. The van der Waals surface area contributed by atoms with Crippen LogP contribution in [-0.4, -0.2) is 32.8 Å². The van der Waals surface area contributed by atoms with E-state index in [9.17, 15) is 4.79 Å². The van der Waals surface area contributed by atoms with Gasteiger partial charge < -0.3 is 10.2 Å². The fraction of sp³-hybridized carbons (Fsp3) is 0.143. The number of nitrogens with one attached hydrogen (secondary N) is 2. The molecule has 0 fully saturated rings. The predicted molar refractivity (Wildman–Crippen MR) is 109 cm³/mol. The minimum Gasteiger partial charge on any atom is -0.378 e. The van der Waals surface area contributed by atoms with Crippen LogP contribution >= 0.6 is 0 Å². The van der Waals surface area contributed by atoms with Crippen molar-refractivity contribution in [2.75, 3.05) is 30.9 Å². The number of carbonyl (C=O) groups is 1. The quantitative estimate of drug-likeness (QED) is 0.531. The van der Waals surface area contributed by atoms with E-state index in [1.165, 1.54) is 0 Å². The average Bonchev–Trinajstić information content (AvgIpc) is 2.66. The van der Waals surface area contributed by atoms with Crippen LogP contribution in [0, 0.1) is 0 Å². The second-order valence-electron chi connectivity index (χ2n) is 6.16. The highest BCUT2D eigenvalue weighted by Gasteiger charge is 2.03. The standard InChI is InChI=1S/C21H22N4O/c1-25(2)18-12-10-16(11-13-18)14-23-24-21(26)15-22-20-9-5-7-17-6-3-4-8-19(17)20/h3-14,22H,15H2,1-2H3,(H,24,26)/b23-14+. The summed E-state index contributed by atoms with van der Waals surface area (Å²) in [5.41, 5.74) is 5.52. The molecule has 0 saturated heterocycles. The first-order valence-electron chi connectivity index (χ1n) is 8.44. The van der Waals surface area contributed by atoms with E-state index < -0.39 is 0 Å². The van der Waals surface area contributed by atoms with E-state index in [2.05, 4.69) is 15.8 Å². The van der Waals surface area contributed by atoms with E-state index in [0.29, 0.717) is 0 Å². The number of hydrogen-bond acceptors (Lipinski definition) is 4. The molecule has 3 rings (SSSR count). The number of amides is 1. The summed E-state index contributed by atoms with van der Waals surface area (Å²) in [5, 5.41) is 9.40. The van der Waals surface area contributed by atoms with Crippen LogP contribution in [0.5, 0.6) is 0 Å². The smallest absolute Gasteiger partial charge is 0.259 e. The van der Waals surface area contributed by atoms with Crippen LogP contribution in [0.15, 0.2) is 71.8 Å². The number of rotatable bonds is 6. The summed E-state index contributed by atoms with van der Waals surface area (Å²) >= 11 is 0. The third kappa shape index (κ3) is 4.39. The fourth-order valence-electron chi connectivity index (χ4n) is 2.63. The molecule has 0 heterocycles. The third-order valence-electron chi connectivity index (χ3n) is 4.04. The number of benzene rings is 3. The van der Waals surface area contributed by atoms with Gasteiger partial charge in [0.25, 0.3) is 5.91 Å². The van der Waals surface area contributed by atoms with Gasteiger partial charge >= 0.3 is 0 Å². The zero-order valence-electron chi connectivity index (χ0n) is 14.9. The van der Waals surface area contributed by atoms with Gasteiger partial charge in [-0.3, -0.25) is 4.79 Å². The molecule has 3 aromatic carbocycles. The normalized spacial score (nSPS) is 10.8. The van der Waals surface area contributed by atoms with Crippen LogP contribution in [-0.2, 0) is 4.79 Å². The fourth-order valence-corrected chi connectivity index (χ4v) is 2.63. The van der Waals surface area contributed by atoms with Crippen LogP contribution in [0.25, 0.3) is 10.8 Å². The van der Waals surface area contributed by atoms with Crippen molar-refractivity contribution >= 4 is 34.3 Å². The molecule has 0 unspecified atom stereocenters. The van der Waals surface area contributed by atoms with Gasteiger partial charge in [-0.15, -0.1) is 0 Å². The molecule has 0 saturated carbocycles. The van der Waals surface area contributed by atoms with E-state index in [1.54, 1.807) is 6.21 Å². The first-order valence-corrected chi connectivity index (χ1v) is 8.44. The van der Waals surface area contributed by atoms with Gasteiger partial charge in [0.05, 0.1) is 12.8 Å². The Morgan fingerprint density at radius 3 is 2.50 bits per heavy atom. The third-order valence-corrected chi connectivity index (χ3v) is 4.04. The molecule has 3 aromatic rings. The second-order valence-corrected chi connectivity index (χ2v) is 6.16. The molecule has 1 amide bonds. The first kappa shape index (κ1) is 17.5. The maximum absolute atomic E-state index is 12.0. The summed E-state index contributed by atoms with van der Waals surface area (Å²) in [6.45, 7) is 0.158. The number of hydrazone groups is 1. The predicted octanol–water partition coefficient (Wildman–Crippen LogP) is 3.47. The van der Waals surface area contributed by atoms with Crippen LogP contribution in [0.1, 0.15) is 5.56 Å². The Kier molecular flexibility index (Phi) is 5.49. The molecule has 132 valence electrons. The van der Waals surface area contributed by atoms with Crippen LogP contribution < -0.4 is 15.6 Å². The van der Waals surface area contributed by atoms with Gasteiger partial charge in [-0.1, -0.05) is 48.5 Å². The Bertz CT molecular complexity index is 911. The summed E-state index contributed by atoms with van der Waals surface area (Å²) in [5.74, 6) is -0.195. The molecule has 0 aliphatic carbocycles. The van der Waals surface area contributed by atoms with Gasteiger partial charge in [0.1, 0.15) is 0 Å². The molecule has 0 radical (unpaired) electrons. The van der Waals surface area contributed by atoms with E-state index in [1.807, 2.05) is 85.7 Å². The van der Waals surface area contributed by atoms with Crippen molar-refractivity contribution in [1.82, 2.24) is 5.43 Å². The van der Waals surface area contributed by atoms with Crippen LogP contribution in [0.2, 0.25) is 0 Å². The molecule has 0 aromatic heterocycles. The van der Waals surface area contributed by atoms with Gasteiger partial charge in [0, 0.05) is 30.9 Å². The van der Waals surface area contributed by atoms with Crippen LogP contribution in [0.4, 0.5) is 11.4 Å². The Morgan fingerprint density at radius 2 is 1.73 bits per heavy atom. The maximum atomic E-state index is 12.0. The van der Waals surface area contributed by atoms with Crippen LogP contribution in [0.3, 0.4) is 0 Å². The van der Waals surface area contributed by atoms with Gasteiger partial charge in [-0.05, 0) is 29.1 Å². The maximum Gasteiger partial charge on any atom is 0.259 e. The molecule has 5 heteroatoms. The lowest BCUT2D eigenvalue weighted by Crippen LogP contribution is -2.25. The highest BCUT2D eigenvalue weighted by Crippen LogP contribution is 2.22. The largest absolute Gasteiger partial charge is 0.378 e. The number of fused-ring (bicyclic) bond motifs is 1. The highest BCUT2D eigenvalue weighted by atomic mass is 16.2. The van der Waals surface area contributed by atoms with Gasteiger partial charge in [0.15, 0.2) is 0 Å². The highest BCUT2D eigenvalue weighted by molar-refractivity contribution is 5.95. The molecule has 0 atom stereocenters. The Hall–Kier alpha value is -3.34. The van der Waals surface area contributed by atoms with Crippen molar-refractivity contribution in [3.05, 3.63) is 72.3 Å². The monoisotopic (exact) mass is 346 g/mol. The summed E-state index contributed by atoms with van der Waals surface area (Å²) in [7, 11) is 3.98. The number of hydrogen-bond donors (Lipinski definition) is 2. The molecule has 0 bridgehead atoms. The summed E-state index contributed by atoms with van der Waals surface area (Å²) in [4.78, 5) is 14.0. The molecule has 26 heavy (non-hydrogen) atoms. The van der Waals surface area contributed by atoms with Crippen molar-refractivity contribution in [1.29, 1.82) is 0 Å². The van der Waals surface area contributed by atoms with Crippen molar-refractivity contribution in [2.45, 2.75) is 0 Å². The lowest BCUT2D eigenvalue weighted by Gasteiger charge is -2.11. The van der Waals surface area contributed by atoms with Crippen molar-refractivity contribution in [3.63, 3.8) is 0 Å². The summed E-state index contributed by atoms with van der Waals surface area (Å²) in [6, 6.07) is 22.0. The van der Waals surface area contributed by atoms with Gasteiger partial charge in [-0.25, -0.2) is 5.43 Å². The number of carbonyl (C=O) groups excluding carboxylic acids is 1.